The summed E-state index contributed by atoms with van der Waals surface area (Å²) in [4.78, 5) is 0. The van der Waals surface area contributed by atoms with Gasteiger partial charge in [-0.05, 0) is 25.7 Å². The Kier molecular flexibility index (Phi) is 6.50. The first kappa shape index (κ1) is 11.6. The van der Waals surface area contributed by atoms with Gasteiger partial charge in [-0.3, -0.25) is 0 Å². The molecule has 0 nitrogen and oxygen atoms in total. The summed E-state index contributed by atoms with van der Waals surface area (Å²) in [5.74, 6) is 0. The van der Waals surface area contributed by atoms with Gasteiger partial charge >= 0.3 is 0 Å². The van der Waals surface area contributed by atoms with Crippen LogP contribution in [0.1, 0.15) is 32.1 Å². The second-order valence-electron chi connectivity index (χ2n) is 2.50. The SMILES string of the molecule is C=CCCCCCC(Cl)(Cl)Cl. The van der Waals surface area contributed by atoms with E-state index in [1.807, 2.05) is 6.08 Å². The lowest BCUT2D eigenvalue weighted by Crippen LogP contribution is -2.00. The minimum absolute atomic E-state index is 0.648. The van der Waals surface area contributed by atoms with E-state index in [4.69, 9.17) is 34.8 Å². The van der Waals surface area contributed by atoms with Crippen LogP contribution in [-0.2, 0) is 0 Å². The van der Waals surface area contributed by atoms with Gasteiger partial charge in [-0.2, -0.15) is 0 Å². The van der Waals surface area contributed by atoms with Gasteiger partial charge in [0, 0.05) is 0 Å². The molecule has 0 spiro atoms. The largest absolute Gasteiger partial charge is 0.190 e. The third kappa shape index (κ3) is 10.6. The third-order valence-corrected chi connectivity index (χ3v) is 1.94. The highest BCUT2D eigenvalue weighted by molar-refractivity contribution is 6.67. The lowest BCUT2D eigenvalue weighted by atomic mass is 10.1. The summed E-state index contributed by atoms with van der Waals surface area (Å²) < 4.78 is -1.06. The Labute approximate surface area is 83.5 Å². The number of halogens is 3. The maximum absolute atomic E-state index is 5.56. The highest BCUT2D eigenvalue weighted by Gasteiger charge is 2.17. The molecule has 0 aromatic rings. The van der Waals surface area contributed by atoms with Crippen LogP contribution >= 0.6 is 34.8 Å². The summed E-state index contributed by atoms with van der Waals surface area (Å²) in [6.07, 6.45) is 6.85. The van der Waals surface area contributed by atoms with Gasteiger partial charge in [-0.15, -0.1) is 6.58 Å². The molecule has 11 heavy (non-hydrogen) atoms. The Morgan fingerprint density at radius 3 is 2.18 bits per heavy atom. The molecule has 0 unspecified atom stereocenters. The predicted molar refractivity (Wildman–Crippen MR) is 53.6 cm³/mol. The minimum atomic E-state index is -1.06. The van der Waals surface area contributed by atoms with E-state index in [1.54, 1.807) is 0 Å². The van der Waals surface area contributed by atoms with Crippen LogP contribution in [0, 0.1) is 0 Å². The highest BCUT2D eigenvalue weighted by atomic mass is 35.6. The van der Waals surface area contributed by atoms with Crippen molar-refractivity contribution in [3.05, 3.63) is 12.7 Å². The maximum atomic E-state index is 5.56. The Hall–Kier alpha value is 0.610. The van der Waals surface area contributed by atoms with Crippen molar-refractivity contribution >= 4 is 34.8 Å². The van der Waals surface area contributed by atoms with Crippen molar-refractivity contribution in [3.8, 4) is 0 Å². The van der Waals surface area contributed by atoms with Gasteiger partial charge in [0.15, 0.2) is 3.79 Å². The van der Waals surface area contributed by atoms with Crippen LogP contribution < -0.4 is 0 Å². The fourth-order valence-electron chi connectivity index (χ4n) is 0.791. The number of rotatable bonds is 5. The molecule has 0 N–H and O–H groups in total. The second-order valence-corrected chi connectivity index (χ2v) is 5.02. The summed E-state index contributed by atoms with van der Waals surface area (Å²) in [5.41, 5.74) is 0. The van der Waals surface area contributed by atoms with Crippen LogP contribution in [0.3, 0.4) is 0 Å². The topological polar surface area (TPSA) is 0 Å². The smallest absolute Gasteiger partial charge is 0.103 e. The predicted octanol–water partition coefficient (Wildman–Crippen LogP) is 4.49. The van der Waals surface area contributed by atoms with Crippen LogP contribution in [-0.4, -0.2) is 3.79 Å². The van der Waals surface area contributed by atoms with E-state index in [1.165, 1.54) is 0 Å². The Morgan fingerprint density at radius 2 is 1.73 bits per heavy atom. The first-order chi connectivity index (χ1) is 5.06. The minimum Gasteiger partial charge on any atom is -0.103 e. The van der Waals surface area contributed by atoms with E-state index in [0.717, 1.165) is 25.7 Å². The van der Waals surface area contributed by atoms with E-state index < -0.39 is 3.79 Å². The molecule has 0 aromatic heterocycles. The van der Waals surface area contributed by atoms with Crippen molar-refractivity contribution in [3.63, 3.8) is 0 Å². The molecular formula is C8H13Cl3. The van der Waals surface area contributed by atoms with Crippen LogP contribution in [0.15, 0.2) is 12.7 Å². The lowest BCUT2D eigenvalue weighted by molar-refractivity contribution is 0.655. The van der Waals surface area contributed by atoms with Crippen molar-refractivity contribution in [1.82, 2.24) is 0 Å². The van der Waals surface area contributed by atoms with Gasteiger partial charge in [-0.25, -0.2) is 0 Å². The maximum Gasteiger partial charge on any atom is 0.190 e. The van der Waals surface area contributed by atoms with Crippen molar-refractivity contribution in [1.29, 1.82) is 0 Å². The van der Waals surface area contributed by atoms with Gasteiger partial charge in [0.05, 0.1) is 0 Å². The molecule has 0 rings (SSSR count). The Balaban J connectivity index is 3.08. The van der Waals surface area contributed by atoms with Crippen molar-refractivity contribution in [2.24, 2.45) is 0 Å². The lowest BCUT2D eigenvalue weighted by Gasteiger charge is -2.08. The van der Waals surface area contributed by atoms with E-state index in [0.29, 0.717) is 6.42 Å². The van der Waals surface area contributed by atoms with E-state index >= 15 is 0 Å². The molecule has 0 heterocycles. The van der Waals surface area contributed by atoms with Gasteiger partial charge in [0.2, 0.25) is 0 Å². The zero-order chi connectivity index (χ0) is 8.74. The van der Waals surface area contributed by atoms with Crippen molar-refractivity contribution < 1.29 is 0 Å². The first-order valence-electron chi connectivity index (χ1n) is 3.74. The molecule has 0 bridgehead atoms. The average Bonchev–Trinajstić information content (AvgIpc) is 1.85. The number of hydrogen-bond donors (Lipinski definition) is 0. The molecule has 0 saturated heterocycles. The molecule has 0 aliphatic rings. The molecular weight excluding hydrogens is 202 g/mol. The van der Waals surface area contributed by atoms with Crippen LogP contribution in [0.25, 0.3) is 0 Å². The second kappa shape index (κ2) is 6.16. The summed E-state index contributed by atoms with van der Waals surface area (Å²) in [6.45, 7) is 3.63. The zero-order valence-electron chi connectivity index (χ0n) is 6.45. The molecule has 3 heteroatoms. The summed E-state index contributed by atoms with van der Waals surface area (Å²) >= 11 is 16.7. The van der Waals surface area contributed by atoms with Crippen molar-refractivity contribution in [2.45, 2.75) is 35.9 Å². The standard InChI is InChI=1S/C8H13Cl3/c1-2-3-4-5-6-7-8(9,10)11/h2H,1,3-7H2. The summed E-state index contributed by atoms with van der Waals surface area (Å²) in [7, 11) is 0. The number of alkyl halides is 3. The van der Waals surface area contributed by atoms with Crippen LogP contribution in [0.5, 0.6) is 0 Å². The molecule has 0 aliphatic carbocycles. The number of hydrogen-bond acceptors (Lipinski definition) is 0. The summed E-state index contributed by atoms with van der Waals surface area (Å²) in [5, 5.41) is 0. The third-order valence-electron chi connectivity index (χ3n) is 1.37. The highest BCUT2D eigenvalue weighted by Crippen LogP contribution is 2.31. The van der Waals surface area contributed by atoms with Crippen molar-refractivity contribution in [2.75, 3.05) is 0 Å². The monoisotopic (exact) mass is 214 g/mol. The molecule has 0 saturated carbocycles. The molecule has 0 aliphatic heterocycles. The van der Waals surface area contributed by atoms with Gasteiger partial charge < -0.3 is 0 Å². The average molecular weight is 216 g/mol. The normalized spacial score (nSPS) is 11.5. The molecule has 66 valence electrons. The van der Waals surface area contributed by atoms with Gasteiger partial charge in [0.25, 0.3) is 0 Å². The van der Waals surface area contributed by atoms with Gasteiger partial charge in [0.1, 0.15) is 0 Å². The summed E-state index contributed by atoms with van der Waals surface area (Å²) in [6, 6.07) is 0. The molecule has 0 atom stereocenters. The van der Waals surface area contributed by atoms with Gasteiger partial charge in [-0.1, -0.05) is 47.3 Å². The fourth-order valence-corrected chi connectivity index (χ4v) is 1.19. The van der Waals surface area contributed by atoms with E-state index in [-0.39, 0.29) is 0 Å². The van der Waals surface area contributed by atoms with E-state index in [2.05, 4.69) is 6.58 Å². The van der Waals surface area contributed by atoms with Crippen LogP contribution in [0.4, 0.5) is 0 Å². The number of unbranched alkanes of at least 4 members (excludes halogenated alkanes) is 3. The molecule has 0 fully saturated rings. The zero-order valence-corrected chi connectivity index (χ0v) is 8.72. The fraction of sp³-hybridized carbons (Fsp3) is 0.750. The number of allylic oxidation sites excluding steroid dienone is 1. The quantitative estimate of drug-likeness (QED) is 0.360. The Bertz CT molecular complexity index is 104. The molecule has 0 aromatic carbocycles. The molecule has 0 amide bonds. The van der Waals surface area contributed by atoms with Crippen LogP contribution in [0.2, 0.25) is 0 Å². The molecule has 0 radical (unpaired) electrons. The van der Waals surface area contributed by atoms with E-state index in [9.17, 15) is 0 Å². The Morgan fingerprint density at radius 1 is 1.09 bits per heavy atom. The first-order valence-corrected chi connectivity index (χ1v) is 4.87.